The highest BCUT2D eigenvalue weighted by Gasteiger charge is 2.72. The van der Waals surface area contributed by atoms with E-state index in [0.29, 0.717) is 32.1 Å². The summed E-state index contributed by atoms with van der Waals surface area (Å²) in [5.74, 6) is -1.34. The Balaban J connectivity index is 1.36. The number of carboxylic acid groups (broad SMARTS) is 1. The minimum absolute atomic E-state index is 0.0674. The average Bonchev–Trinajstić information content (AvgIpc) is 2.99. The summed E-state index contributed by atoms with van der Waals surface area (Å²) >= 11 is 0. The molecule has 6 aliphatic rings. The van der Waals surface area contributed by atoms with Crippen LogP contribution in [-0.4, -0.2) is 110 Å². The van der Waals surface area contributed by atoms with Gasteiger partial charge in [0.05, 0.1) is 31.5 Å². The van der Waals surface area contributed by atoms with E-state index in [1.807, 2.05) is 13.8 Å². The van der Waals surface area contributed by atoms with Gasteiger partial charge in [-0.1, -0.05) is 46.3 Å². The third kappa shape index (κ3) is 4.45. The number of carboxylic acids is 1. The van der Waals surface area contributed by atoms with Gasteiger partial charge >= 0.3 is 5.97 Å². The van der Waals surface area contributed by atoms with Gasteiger partial charge in [-0.3, -0.25) is 4.79 Å². The lowest BCUT2D eigenvalue weighted by Gasteiger charge is -2.72. The number of aliphatic carboxylic acids is 1. The molecular formula is C35H56O11. The monoisotopic (exact) mass is 652 g/mol. The van der Waals surface area contributed by atoms with E-state index in [1.54, 1.807) is 0 Å². The molecule has 6 rings (SSSR count). The first-order valence-electron chi connectivity index (χ1n) is 17.2. The maximum Gasteiger partial charge on any atom is 0.312 e. The molecule has 262 valence electrons. The van der Waals surface area contributed by atoms with Crippen LogP contribution in [0.4, 0.5) is 0 Å². The van der Waals surface area contributed by atoms with Gasteiger partial charge in [-0.25, -0.2) is 0 Å². The van der Waals surface area contributed by atoms with E-state index in [9.17, 15) is 45.6 Å². The maximum absolute atomic E-state index is 13.0. The van der Waals surface area contributed by atoms with Crippen LogP contribution in [0.25, 0.3) is 0 Å². The number of hydrogen-bond acceptors (Lipinski definition) is 10. The quantitative estimate of drug-likeness (QED) is 0.159. The van der Waals surface area contributed by atoms with Crippen LogP contribution in [0.5, 0.6) is 0 Å². The Morgan fingerprint density at radius 3 is 2.22 bits per heavy atom. The smallest absolute Gasteiger partial charge is 0.312 e. The topological polar surface area (TPSA) is 197 Å². The fraction of sp³-hybridized carbons (Fsp3) is 0.914. The summed E-state index contributed by atoms with van der Waals surface area (Å²) in [6.07, 6.45) is -1.93. The minimum atomic E-state index is -1.51. The van der Waals surface area contributed by atoms with Crippen LogP contribution in [0.1, 0.15) is 86.0 Å². The van der Waals surface area contributed by atoms with Crippen LogP contribution < -0.4 is 0 Å². The molecular weight excluding hydrogens is 596 g/mol. The Labute approximate surface area is 271 Å². The van der Waals surface area contributed by atoms with Crippen LogP contribution in [0.15, 0.2) is 11.6 Å². The number of rotatable bonds is 5. The van der Waals surface area contributed by atoms with Crippen molar-refractivity contribution < 1.29 is 55.1 Å². The number of allylic oxidation sites excluding steroid dienone is 2. The molecule has 0 aromatic rings. The zero-order valence-electron chi connectivity index (χ0n) is 27.9. The summed E-state index contributed by atoms with van der Waals surface area (Å²) in [4.78, 5) is 13.0. The molecule has 11 heteroatoms. The normalized spacial score (nSPS) is 56.9. The average molecular weight is 653 g/mol. The van der Waals surface area contributed by atoms with Crippen molar-refractivity contribution in [2.45, 2.75) is 129 Å². The van der Waals surface area contributed by atoms with Crippen molar-refractivity contribution in [1.82, 2.24) is 0 Å². The Bertz CT molecular complexity index is 1240. The first-order chi connectivity index (χ1) is 21.4. The second-order valence-corrected chi connectivity index (χ2v) is 17.3. The molecule has 5 fully saturated rings. The van der Waals surface area contributed by atoms with Gasteiger partial charge in [0.1, 0.15) is 23.7 Å². The largest absolute Gasteiger partial charge is 0.481 e. The van der Waals surface area contributed by atoms with Crippen LogP contribution >= 0.6 is 0 Å². The van der Waals surface area contributed by atoms with Crippen LogP contribution in [-0.2, 0) is 14.3 Å². The van der Waals surface area contributed by atoms with Crippen molar-refractivity contribution in [2.24, 2.45) is 50.2 Å². The highest BCUT2D eigenvalue weighted by molar-refractivity contribution is 5.77. The number of carbonyl (C=O) groups is 1. The summed E-state index contributed by atoms with van der Waals surface area (Å²) < 4.78 is 11.7. The Morgan fingerprint density at radius 1 is 0.891 bits per heavy atom. The van der Waals surface area contributed by atoms with Crippen molar-refractivity contribution in [3.8, 4) is 0 Å². The SMILES string of the molecule is C[C@]1(CO)C[C@H](O)[C@]2(C(=O)O)CC[C@]3(C)C(=CC[C@@H]4[C@@]5(C)C[C@@H](O)[C@@H](O[C@@H]6OC[C@@H](O)[C@H](O)[C@H]6O)[C@@](C)(CO)[C@H]5CC[C@]43C)[C@@H]2C1. The molecule has 16 atom stereocenters. The molecule has 0 aromatic carbocycles. The van der Waals surface area contributed by atoms with Gasteiger partial charge in [0.15, 0.2) is 6.29 Å². The van der Waals surface area contributed by atoms with Crippen LogP contribution in [0.2, 0.25) is 0 Å². The van der Waals surface area contributed by atoms with E-state index in [4.69, 9.17) is 9.47 Å². The van der Waals surface area contributed by atoms with E-state index in [1.165, 1.54) is 0 Å². The lowest BCUT2D eigenvalue weighted by molar-refractivity contribution is -0.328. The van der Waals surface area contributed by atoms with Crippen molar-refractivity contribution in [1.29, 1.82) is 0 Å². The molecule has 4 saturated carbocycles. The second-order valence-electron chi connectivity index (χ2n) is 17.3. The molecule has 0 amide bonds. The summed E-state index contributed by atoms with van der Waals surface area (Å²) in [6.45, 7) is 10.0. The summed E-state index contributed by atoms with van der Waals surface area (Å²) in [6, 6.07) is 0. The number of fused-ring (bicyclic) bond motifs is 7. The molecule has 11 nitrogen and oxygen atoms in total. The molecule has 0 unspecified atom stereocenters. The maximum atomic E-state index is 13.0. The summed E-state index contributed by atoms with van der Waals surface area (Å²) in [7, 11) is 0. The predicted molar refractivity (Wildman–Crippen MR) is 165 cm³/mol. The van der Waals surface area contributed by atoms with Crippen molar-refractivity contribution in [3.63, 3.8) is 0 Å². The van der Waals surface area contributed by atoms with Crippen molar-refractivity contribution in [3.05, 3.63) is 11.6 Å². The molecule has 0 spiro atoms. The van der Waals surface area contributed by atoms with Gasteiger partial charge in [0.2, 0.25) is 0 Å². The standard InChI is InChI=1S/C35H56O11/c1-30(16-36)12-19-18-6-7-23-31(2)13-20(38)27(46-28-26(42)25(41)21(39)15-45-28)32(3,17-37)22(31)8-9-34(23,5)33(18,4)10-11-35(19,29(43)44)24(40)14-30/h6,19-28,36-42H,7-17H2,1-5H3,(H,43,44)/t19-,20+,21+,22-,23+,24-,25-,26+,27+,28-,30+,31-,32-,33+,34+,35-/m0/s1. The fourth-order valence-electron chi connectivity index (χ4n) is 12.3. The molecule has 0 bridgehead atoms. The zero-order chi connectivity index (χ0) is 33.8. The first-order valence-corrected chi connectivity index (χ1v) is 17.2. The second kappa shape index (κ2) is 11.2. The number of aliphatic hydroxyl groups is 7. The fourth-order valence-corrected chi connectivity index (χ4v) is 12.3. The number of hydrogen-bond donors (Lipinski definition) is 8. The third-order valence-corrected chi connectivity index (χ3v) is 15.1. The molecule has 0 aromatic heterocycles. The Morgan fingerprint density at radius 2 is 1.59 bits per heavy atom. The van der Waals surface area contributed by atoms with E-state index < -0.39 is 76.5 Å². The van der Waals surface area contributed by atoms with Gasteiger partial charge in [0, 0.05) is 12.0 Å². The Kier molecular flexibility index (Phi) is 8.44. The minimum Gasteiger partial charge on any atom is -0.481 e. The van der Waals surface area contributed by atoms with Gasteiger partial charge in [0.25, 0.3) is 0 Å². The molecule has 1 saturated heterocycles. The highest BCUT2D eigenvalue weighted by atomic mass is 16.7. The van der Waals surface area contributed by atoms with Gasteiger partial charge in [-0.05, 0) is 90.8 Å². The molecule has 0 radical (unpaired) electrons. The van der Waals surface area contributed by atoms with Crippen molar-refractivity contribution >= 4 is 5.97 Å². The third-order valence-electron chi connectivity index (χ3n) is 15.1. The van der Waals surface area contributed by atoms with Gasteiger partial charge < -0.3 is 50.3 Å². The molecule has 8 N–H and O–H groups in total. The lowest BCUT2D eigenvalue weighted by Crippen LogP contribution is -2.69. The molecule has 46 heavy (non-hydrogen) atoms. The molecule has 5 aliphatic carbocycles. The first kappa shape index (κ1) is 34.7. The number of ether oxygens (including phenoxy) is 2. The van der Waals surface area contributed by atoms with E-state index in [0.717, 1.165) is 18.4 Å². The molecule has 1 heterocycles. The van der Waals surface area contributed by atoms with Crippen LogP contribution in [0.3, 0.4) is 0 Å². The van der Waals surface area contributed by atoms with E-state index in [-0.39, 0.29) is 48.9 Å². The van der Waals surface area contributed by atoms with E-state index >= 15 is 0 Å². The predicted octanol–water partition coefficient (Wildman–Crippen LogP) is 1.58. The molecule has 1 aliphatic heterocycles. The number of aliphatic hydroxyl groups excluding tert-OH is 7. The highest BCUT2D eigenvalue weighted by Crippen LogP contribution is 2.76. The Hall–Kier alpha value is -1.15. The van der Waals surface area contributed by atoms with Crippen molar-refractivity contribution in [2.75, 3.05) is 19.8 Å². The van der Waals surface area contributed by atoms with Gasteiger partial charge in [-0.2, -0.15) is 0 Å². The van der Waals surface area contributed by atoms with E-state index in [2.05, 4.69) is 26.8 Å². The zero-order valence-corrected chi connectivity index (χ0v) is 27.9. The lowest BCUT2D eigenvalue weighted by atomic mass is 9.33. The summed E-state index contributed by atoms with van der Waals surface area (Å²) in [5.41, 5.74) is -2.76. The van der Waals surface area contributed by atoms with Gasteiger partial charge in [-0.15, -0.1) is 0 Å². The summed E-state index contributed by atoms with van der Waals surface area (Å²) in [5, 5.41) is 85.9. The van der Waals surface area contributed by atoms with Crippen LogP contribution in [0, 0.1) is 50.2 Å².